The topological polar surface area (TPSA) is 51.2 Å². The van der Waals surface area contributed by atoms with Crippen molar-refractivity contribution < 1.29 is 22.7 Å². The van der Waals surface area contributed by atoms with Crippen molar-refractivity contribution in [3.05, 3.63) is 23.9 Å². The molecule has 4 nitrogen and oxygen atoms in total. The van der Waals surface area contributed by atoms with Crippen LogP contribution >= 0.6 is 0 Å². The van der Waals surface area contributed by atoms with Gasteiger partial charge in [-0.3, -0.25) is 0 Å². The minimum Gasteiger partial charge on any atom is -0.465 e. The molecule has 1 rings (SSSR count). The molecule has 0 aliphatic carbocycles. The number of aromatic nitrogens is 1. The van der Waals surface area contributed by atoms with E-state index < -0.39 is 18.7 Å². The first kappa shape index (κ1) is 12.3. The first-order valence-corrected chi connectivity index (χ1v) is 4.27. The zero-order chi connectivity index (χ0) is 12.2. The van der Waals surface area contributed by atoms with E-state index >= 15 is 0 Å². The molecule has 1 N–H and O–H groups in total. The summed E-state index contributed by atoms with van der Waals surface area (Å²) < 4.78 is 39.9. The third kappa shape index (κ3) is 3.76. The number of hydrogen-bond acceptors (Lipinski definition) is 4. The Bertz CT molecular complexity index is 362. The average Bonchev–Trinajstić information content (AvgIpc) is 2.25. The van der Waals surface area contributed by atoms with Crippen molar-refractivity contribution in [1.29, 1.82) is 0 Å². The number of halogens is 3. The van der Waals surface area contributed by atoms with Crippen LogP contribution < -0.4 is 5.32 Å². The summed E-state index contributed by atoms with van der Waals surface area (Å²) in [4.78, 5) is 14.6. The van der Waals surface area contributed by atoms with Crippen molar-refractivity contribution in [2.45, 2.75) is 6.18 Å². The van der Waals surface area contributed by atoms with E-state index in [1.54, 1.807) is 0 Å². The molecule has 0 saturated carbocycles. The molecule has 0 saturated heterocycles. The molecular weight excluding hydrogens is 225 g/mol. The number of hydrogen-bond donors (Lipinski definition) is 1. The SMILES string of the molecule is COC(=O)c1ccc(NCC(F)(F)F)nc1. The Hall–Kier alpha value is -1.79. The third-order valence-electron chi connectivity index (χ3n) is 1.65. The highest BCUT2D eigenvalue weighted by molar-refractivity contribution is 5.89. The Labute approximate surface area is 89.4 Å². The van der Waals surface area contributed by atoms with E-state index in [1.165, 1.54) is 19.2 Å². The van der Waals surface area contributed by atoms with E-state index in [0.717, 1.165) is 6.20 Å². The second-order valence-electron chi connectivity index (χ2n) is 2.89. The minimum atomic E-state index is -4.30. The van der Waals surface area contributed by atoms with E-state index in [4.69, 9.17) is 0 Å². The maximum Gasteiger partial charge on any atom is 0.405 e. The van der Waals surface area contributed by atoms with Gasteiger partial charge < -0.3 is 10.1 Å². The average molecular weight is 234 g/mol. The molecule has 0 amide bonds. The van der Waals surface area contributed by atoms with Gasteiger partial charge in [-0.2, -0.15) is 13.2 Å². The zero-order valence-corrected chi connectivity index (χ0v) is 8.34. The van der Waals surface area contributed by atoms with Crippen LogP contribution in [-0.4, -0.2) is 30.8 Å². The van der Waals surface area contributed by atoms with Crippen LogP contribution in [0.4, 0.5) is 19.0 Å². The largest absolute Gasteiger partial charge is 0.465 e. The molecule has 0 aliphatic heterocycles. The van der Waals surface area contributed by atoms with Gasteiger partial charge in [-0.25, -0.2) is 9.78 Å². The van der Waals surface area contributed by atoms with E-state index in [-0.39, 0.29) is 11.4 Å². The Morgan fingerprint density at radius 1 is 1.50 bits per heavy atom. The lowest BCUT2D eigenvalue weighted by Crippen LogP contribution is -2.21. The van der Waals surface area contributed by atoms with Gasteiger partial charge in [-0.05, 0) is 12.1 Å². The van der Waals surface area contributed by atoms with E-state index in [9.17, 15) is 18.0 Å². The summed E-state index contributed by atoms with van der Waals surface area (Å²) in [6, 6.07) is 2.61. The zero-order valence-electron chi connectivity index (χ0n) is 8.34. The Balaban J connectivity index is 2.62. The molecule has 1 aromatic heterocycles. The van der Waals surface area contributed by atoms with Crippen molar-refractivity contribution in [2.24, 2.45) is 0 Å². The van der Waals surface area contributed by atoms with Crippen LogP contribution in [0.5, 0.6) is 0 Å². The van der Waals surface area contributed by atoms with Crippen molar-refractivity contribution >= 4 is 11.8 Å². The fourth-order valence-electron chi connectivity index (χ4n) is 0.928. The van der Waals surface area contributed by atoms with E-state index in [2.05, 4.69) is 15.0 Å². The maximum atomic E-state index is 11.8. The van der Waals surface area contributed by atoms with Gasteiger partial charge >= 0.3 is 12.1 Å². The number of nitrogens with zero attached hydrogens (tertiary/aromatic N) is 1. The molecule has 0 aromatic carbocycles. The van der Waals surface area contributed by atoms with E-state index in [0.29, 0.717) is 0 Å². The highest BCUT2D eigenvalue weighted by Crippen LogP contribution is 2.15. The lowest BCUT2D eigenvalue weighted by Gasteiger charge is -2.08. The third-order valence-corrected chi connectivity index (χ3v) is 1.65. The van der Waals surface area contributed by atoms with Crippen LogP contribution in [0.15, 0.2) is 18.3 Å². The molecule has 0 atom stereocenters. The number of pyridine rings is 1. The molecule has 0 unspecified atom stereocenters. The molecule has 7 heteroatoms. The van der Waals surface area contributed by atoms with Crippen molar-refractivity contribution in [2.75, 3.05) is 19.0 Å². The number of carbonyl (C=O) groups is 1. The summed E-state index contributed by atoms with van der Waals surface area (Å²) in [5, 5.41) is 2.08. The highest BCUT2D eigenvalue weighted by atomic mass is 19.4. The summed E-state index contributed by atoms with van der Waals surface area (Å²) in [7, 11) is 1.21. The second-order valence-corrected chi connectivity index (χ2v) is 2.89. The number of methoxy groups -OCH3 is 1. The van der Waals surface area contributed by atoms with Gasteiger partial charge in [0.05, 0.1) is 12.7 Å². The molecule has 88 valence electrons. The minimum absolute atomic E-state index is 0.0463. The number of anilines is 1. The second kappa shape index (κ2) is 4.82. The Kier molecular flexibility index (Phi) is 3.70. The molecule has 1 aromatic rings. The number of esters is 1. The van der Waals surface area contributed by atoms with Crippen LogP contribution in [-0.2, 0) is 4.74 Å². The monoisotopic (exact) mass is 234 g/mol. The predicted molar refractivity (Wildman–Crippen MR) is 50.1 cm³/mol. The molecule has 0 bridgehead atoms. The van der Waals surface area contributed by atoms with Gasteiger partial charge in [0.2, 0.25) is 0 Å². The van der Waals surface area contributed by atoms with Crippen LogP contribution in [0.25, 0.3) is 0 Å². The normalized spacial score (nSPS) is 11.0. The summed E-state index contributed by atoms with van der Waals surface area (Å²) >= 11 is 0. The Morgan fingerprint density at radius 3 is 2.62 bits per heavy atom. The summed E-state index contributed by atoms with van der Waals surface area (Å²) in [5.74, 6) is -0.542. The molecular formula is C9H9F3N2O2. The van der Waals surface area contributed by atoms with Crippen LogP contribution in [0.1, 0.15) is 10.4 Å². The van der Waals surface area contributed by atoms with Crippen molar-refractivity contribution in [3.8, 4) is 0 Å². The van der Waals surface area contributed by atoms with Crippen molar-refractivity contribution in [3.63, 3.8) is 0 Å². The summed E-state index contributed by atoms with van der Waals surface area (Å²) in [6.45, 7) is -1.17. The number of ether oxygens (including phenoxy) is 1. The van der Waals surface area contributed by atoms with Gasteiger partial charge in [-0.1, -0.05) is 0 Å². The number of carbonyl (C=O) groups excluding carboxylic acids is 1. The first-order valence-electron chi connectivity index (χ1n) is 4.27. The fraction of sp³-hybridized carbons (Fsp3) is 0.333. The van der Waals surface area contributed by atoms with Gasteiger partial charge in [0.1, 0.15) is 12.4 Å². The molecule has 0 aliphatic rings. The van der Waals surface area contributed by atoms with Crippen LogP contribution in [0.2, 0.25) is 0 Å². The fourth-order valence-corrected chi connectivity index (χ4v) is 0.928. The number of rotatable bonds is 3. The molecule has 1 heterocycles. The van der Waals surface area contributed by atoms with Crippen LogP contribution in [0, 0.1) is 0 Å². The van der Waals surface area contributed by atoms with Crippen LogP contribution in [0.3, 0.4) is 0 Å². The first-order chi connectivity index (χ1) is 7.42. The standard InChI is InChI=1S/C9H9F3N2O2/c1-16-8(15)6-2-3-7(13-4-6)14-5-9(10,11)12/h2-4H,5H2,1H3,(H,13,14). The molecule has 0 radical (unpaired) electrons. The number of alkyl halides is 3. The molecule has 0 spiro atoms. The molecule has 16 heavy (non-hydrogen) atoms. The maximum absolute atomic E-state index is 11.8. The van der Waals surface area contributed by atoms with Crippen molar-refractivity contribution in [1.82, 2.24) is 4.98 Å². The van der Waals surface area contributed by atoms with Gasteiger partial charge in [0.15, 0.2) is 0 Å². The van der Waals surface area contributed by atoms with Gasteiger partial charge in [-0.15, -0.1) is 0 Å². The van der Waals surface area contributed by atoms with E-state index in [1.807, 2.05) is 0 Å². The lowest BCUT2D eigenvalue weighted by atomic mass is 10.3. The quantitative estimate of drug-likeness (QED) is 0.811. The summed E-state index contributed by atoms with van der Waals surface area (Å²) in [5.41, 5.74) is 0.181. The highest BCUT2D eigenvalue weighted by Gasteiger charge is 2.26. The summed E-state index contributed by atoms with van der Waals surface area (Å²) in [6.07, 6.45) is -3.16. The van der Waals surface area contributed by atoms with Gasteiger partial charge in [0.25, 0.3) is 0 Å². The lowest BCUT2D eigenvalue weighted by molar-refractivity contribution is -0.115. The number of nitrogens with one attached hydrogen (secondary N) is 1. The smallest absolute Gasteiger partial charge is 0.405 e. The molecule has 0 fully saturated rings. The Morgan fingerprint density at radius 2 is 2.19 bits per heavy atom. The predicted octanol–water partition coefficient (Wildman–Crippen LogP) is 1.84. The van der Waals surface area contributed by atoms with Gasteiger partial charge in [0, 0.05) is 6.20 Å².